The predicted molar refractivity (Wildman–Crippen MR) is 130 cm³/mol. The van der Waals surface area contributed by atoms with Crippen LogP contribution in [-0.2, 0) is 15.7 Å². The summed E-state index contributed by atoms with van der Waals surface area (Å²) in [5.74, 6) is 0.0370. The summed E-state index contributed by atoms with van der Waals surface area (Å²) in [6, 6.07) is 4.84. The van der Waals surface area contributed by atoms with Gasteiger partial charge in [-0.15, -0.1) is 0 Å². The number of para-hydroxylation sites is 1. The molecule has 8 heteroatoms. The smallest absolute Gasteiger partial charge is 0.410 e. The molecule has 2 atom stereocenters. The van der Waals surface area contributed by atoms with E-state index in [1.54, 1.807) is 11.0 Å². The van der Waals surface area contributed by atoms with Gasteiger partial charge in [0.05, 0.1) is 21.4 Å². The molecule has 1 heterocycles. The molecule has 0 spiro atoms. The zero-order valence-corrected chi connectivity index (χ0v) is 21.6. The van der Waals surface area contributed by atoms with Crippen LogP contribution in [0.15, 0.2) is 18.2 Å². The fraction of sp³-hybridized carbons (Fsp3) is 0.708. The molecule has 0 radical (unpaired) electrons. The Hall–Kier alpha value is -1.67. The molecule has 1 aliphatic heterocycles. The van der Waals surface area contributed by atoms with Crippen LogP contribution in [0, 0.1) is 11.7 Å². The van der Waals surface area contributed by atoms with Crippen LogP contribution in [0.25, 0.3) is 0 Å². The van der Waals surface area contributed by atoms with E-state index in [0.717, 1.165) is 12.0 Å². The predicted octanol–water partition coefficient (Wildman–Crippen LogP) is 5.02. The van der Waals surface area contributed by atoms with E-state index in [0.29, 0.717) is 37.8 Å². The second-order valence-electron chi connectivity index (χ2n) is 10.8. The highest BCUT2D eigenvalue weighted by Gasteiger charge is 2.31. The number of carbonyl (C=O) groups excluding carboxylic acids is 1. The monoisotopic (exact) mass is 469 g/mol. The lowest BCUT2D eigenvalue weighted by molar-refractivity contribution is 0.0240. The number of ether oxygens (including phenoxy) is 1. The number of piperazine rings is 1. The molecule has 6 nitrogen and oxygen atoms in total. The number of nitrogens with zero attached hydrogens (tertiary/aromatic N) is 2. The van der Waals surface area contributed by atoms with Gasteiger partial charge in [0.2, 0.25) is 0 Å². The van der Waals surface area contributed by atoms with Crippen molar-refractivity contribution in [1.82, 2.24) is 9.62 Å². The zero-order valence-electron chi connectivity index (χ0n) is 20.8. The topological polar surface area (TPSA) is 61.9 Å². The van der Waals surface area contributed by atoms with Crippen molar-refractivity contribution < 1.29 is 18.1 Å². The lowest BCUT2D eigenvalue weighted by Crippen LogP contribution is -2.50. The molecule has 0 bridgehead atoms. The SMILES string of the molecule is CC(C)C[C@@H](N[S@](=O)C(C)(C)C)c1cccc(F)c1N1CCN(C(=O)OC(C)(C)C)CC1. The average molecular weight is 470 g/mol. The number of rotatable bonds is 6. The Kier molecular flexibility index (Phi) is 8.73. The van der Waals surface area contributed by atoms with Crippen LogP contribution >= 0.6 is 0 Å². The highest BCUT2D eigenvalue weighted by atomic mass is 32.2. The van der Waals surface area contributed by atoms with Gasteiger partial charge in [-0.05, 0) is 65.5 Å². The van der Waals surface area contributed by atoms with Gasteiger partial charge in [-0.3, -0.25) is 0 Å². The highest BCUT2D eigenvalue weighted by molar-refractivity contribution is 7.84. The van der Waals surface area contributed by atoms with E-state index in [1.807, 2.05) is 52.5 Å². The standard InChI is InChI=1S/C24H40FN3O3S/c1-17(2)16-20(26-32(30)24(6,7)8)18-10-9-11-19(25)21(18)27-12-14-28(15-13-27)22(29)31-23(3,4)5/h9-11,17,20,26H,12-16H2,1-8H3/t20-,32-/m1/s1. The molecule has 1 N–H and O–H groups in total. The minimum absolute atomic E-state index is 0.246. The summed E-state index contributed by atoms with van der Waals surface area (Å²) in [4.78, 5) is 16.1. The molecule has 1 amide bonds. The van der Waals surface area contributed by atoms with Crippen LogP contribution in [0.2, 0.25) is 0 Å². The van der Waals surface area contributed by atoms with Gasteiger partial charge < -0.3 is 14.5 Å². The van der Waals surface area contributed by atoms with E-state index in [1.165, 1.54) is 6.07 Å². The van der Waals surface area contributed by atoms with Gasteiger partial charge in [-0.2, -0.15) is 0 Å². The molecule has 0 saturated carbocycles. The largest absolute Gasteiger partial charge is 0.444 e. The normalized spacial score (nSPS) is 17.4. The van der Waals surface area contributed by atoms with Gasteiger partial charge >= 0.3 is 6.09 Å². The van der Waals surface area contributed by atoms with Gasteiger partial charge in [-0.1, -0.05) is 26.0 Å². The number of hydrogen-bond donors (Lipinski definition) is 1. The number of amides is 1. The third-order valence-corrected chi connectivity index (χ3v) is 6.76. The molecular weight excluding hydrogens is 429 g/mol. The van der Waals surface area contributed by atoms with Crippen molar-refractivity contribution >= 4 is 22.8 Å². The number of nitrogens with one attached hydrogen (secondary N) is 1. The number of hydrogen-bond acceptors (Lipinski definition) is 4. The van der Waals surface area contributed by atoms with E-state index in [4.69, 9.17) is 4.74 Å². The summed E-state index contributed by atoms with van der Waals surface area (Å²) in [6.07, 6.45) is 0.390. The van der Waals surface area contributed by atoms with Crippen LogP contribution < -0.4 is 9.62 Å². The van der Waals surface area contributed by atoms with E-state index < -0.39 is 21.3 Å². The second-order valence-corrected chi connectivity index (χ2v) is 12.8. The summed E-state index contributed by atoms with van der Waals surface area (Å²) in [5, 5.41) is 0. The van der Waals surface area contributed by atoms with E-state index in [2.05, 4.69) is 18.6 Å². The molecule has 2 rings (SSSR count). The Morgan fingerprint density at radius 2 is 1.72 bits per heavy atom. The Bertz CT molecular complexity index is 810. The molecule has 1 aliphatic rings. The van der Waals surface area contributed by atoms with Crippen molar-refractivity contribution in [1.29, 1.82) is 0 Å². The number of carbonyl (C=O) groups is 1. The van der Waals surface area contributed by atoms with Crippen LogP contribution in [0.5, 0.6) is 0 Å². The molecule has 182 valence electrons. The van der Waals surface area contributed by atoms with Crippen molar-refractivity contribution in [2.24, 2.45) is 5.92 Å². The van der Waals surface area contributed by atoms with Gasteiger partial charge in [0.25, 0.3) is 0 Å². The van der Waals surface area contributed by atoms with Crippen molar-refractivity contribution in [3.63, 3.8) is 0 Å². The fourth-order valence-electron chi connectivity index (χ4n) is 3.60. The van der Waals surface area contributed by atoms with Crippen LogP contribution in [0.4, 0.5) is 14.9 Å². The summed E-state index contributed by atoms with van der Waals surface area (Å²) >= 11 is 0. The maximum absolute atomic E-state index is 15.1. The maximum atomic E-state index is 15.1. The first-order valence-electron chi connectivity index (χ1n) is 11.4. The van der Waals surface area contributed by atoms with E-state index >= 15 is 4.39 Å². The van der Waals surface area contributed by atoms with Crippen LogP contribution in [0.3, 0.4) is 0 Å². The summed E-state index contributed by atoms with van der Waals surface area (Å²) in [6.45, 7) is 17.4. The highest BCUT2D eigenvalue weighted by Crippen LogP contribution is 2.34. The van der Waals surface area contributed by atoms with E-state index in [-0.39, 0.29) is 18.0 Å². The van der Waals surface area contributed by atoms with Crippen molar-refractivity contribution in [3.05, 3.63) is 29.6 Å². The Morgan fingerprint density at radius 3 is 2.22 bits per heavy atom. The van der Waals surface area contributed by atoms with Gasteiger partial charge in [0.15, 0.2) is 0 Å². The first kappa shape index (κ1) is 26.6. The second kappa shape index (κ2) is 10.5. The van der Waals surface area contributed by atoms with Crippen molar-refractivity contribution in [2.45, 2.75) is 78.2 Å². The molecule has 1 fully saturated rings. The fourth-order valence-corrected chi connectivity index (χ4v) is 4.44. The molecule has 32 heavy (non-hydrogen) atoms. The van der Waals surface area contributed by atoms with Gasteiger partial charge in [-0.25, -0.2) is 18.1 Å². The molecule has 1 aromatic carbocycles. The lowest BCUT2D eigenvalue weighted by Gasteiger charge is -2.38. The van der Waals surface area contributed by atoms with Crippen molar-refractivity contribution in [3.8, 4) is 0 Å². The summed E-state index contributed by atoms with van der Waals surface area (Å²) in [7, 11) is -1.29. The maximum Gasteiger partial charge on any atom is 0.410 e. The third kappa shape index (κ3) is 7.44. The Balaban J connectivity index is 2.26. The van der Waals surface area contributed by atoms with E-state index in [9.17, 15) is 9.00 Å². The van der Waals surface area contributed by atoms with Crippen LogP contribution in [0.1, 0.15) is 73.4 Å². The quantitative estimate of drug-likeness (QED) is 0.635. The summed E-state index contributed by atoms with van der Waals surface area (Å²) in [5.41, 5.74) is 0.785. The number of anilines is 1. The summed E-state index contributed by atoms with van der Waals surface area (Å²) < 4.78 is 36.3. The molecular formula is C24H40FN3O3S. The molecule has 1 aromatic rings. The lowest BCUT2D eigenvalue weighted by atomic mass is 9.95. The average Bonchev–Trinajstić information content (AvgIpc) is 2.65. The van der Waals surface area contributed by atoms with Gasteiger partial charge in [0.1, 0.15) is 11.4 Å². The first-order chi connectivity index (χ1) is 14.7. The van der Waals surface area contributed by atoms with Crippen molar-refractivity contribution in [2.75, 3.05) is 31.1 Å². The van der Waals surface area contributed by atoms with Crippen LogP contribution in [-0.4, -0.2) is 51.7 Å². The van der Waals surface area contributed by atoms with Gasteiger partial charge in [0, 0.05) is 32.2 Å². The minimum atomic E-state index is -1.29. The first-order valence-corrected chi connectivity index (χ1v) is 12.5. The third-order valence-electron chi connectivity index (χ3n) is 5.15. The zero-order chi connectivity index (χ0) is 24.3. The molecule has 0 aromatic heterocycles. The Labute approximate surface area is 195 Å². The number of benzene rings is 1. The number of halogens is 1. The molecule has 0 aliphatic carbocycles. The Morgan fingerprint density at radius 1 is 1.12 bits per heavy atom. The molecule has 1 saturated heterocycles. The molecule has 0 unspecified atom stereocenters. The minimum Gasteiger partial charge on any atom is -0.444 e.